The quantitative estimate of drug-likeness (QED) is 0.606. The third-order valence-electron chi connectivity index (χ3n) is 4.08. The van der Waals surface area contributed by atoms with Crippen LogP contribution in [0.1, 0.15) is 15.2 Å². The van der Waals surface area contributed by atoms with Crippen molar-refractivity contribution >= 4 is 28.1 Å². The predicted molar refractivity (Wildman–Crippen MR) is 103 cm³/mol. The number of carbonyl (C=O) groups is 1. The smallest absolute Gasteiger partial charge is 0.265 e. The van der Waals surface area contributed by atoms with E-state index in [9.17, 15) is 9.59 Å². The largest absolute Gasteiger partial charge is 0.347 e. The molecule has 0 unspecified atom stereocenters. The second-order valence-corrected chi connectivity index (χ2v) is 6.78. The van der Waals surface area contributed by atoms with Gasteiger partial charge < -0.3 is 5.32 Å². The molecule has 0 bridgehead atoms. The number of para-hydroxylation sites is 1. The Balaban J connectivity index is 1.57. The van der Waals surface area contributed by atoms with E-state index in [0.29, 0.717) is 28.7 Å². The minimum Gasteiger partial charge on any atom is -0.347 e. The molecule has 2 aromatic heterocycles. The Morgan fingerprint density at radius 1 is 1.04 bits per heavy atom. The van der Waals surface area contributed by atoms with Gasteiger partial charge in [-0.3, -0.25) is 14.2 Å². The summed E-state index contributed by atoms with van der Waals surface area (Å²) in [6, 6.07) is 18.1. The lowest BCUT2D eigenvalue weighted by molar-refractivity contribution is 0.0951. The van der Waals surface area contributed by atoms with Crippen LogP contribution in [0.5, 0.6) is 0 Å². The summed E-state index contributed by atoms with van der Waals surface area (Å²) in [5.74, 6) is -0.145. The van der Waals surface area contributed by atoms with Crippen molar-refractivity contribution in [2.45, 2.75) is 6.54 Å². The van der Waals surface area contributed by atoms with Gasteiger partial charge in [-0.05, 0) is 47.8 Å². The van der Waals surface area contributed by atoms with Crippen LogP contribution in [-0.2, 0) is 6.54 Å². The van der Waals surface area contributed by atoms with Crippen LogP contribution in [0, 0.1) is 0 Å². The number of benzene rings is 2. The molecule has 2 aromatic carbocycles. The Morgan fingerprint density at radius 2 is 1.85 bits per heavy atom. The van der Waals surface area contributed by atoms with Crippen LogP contribution in [0.15, 0.2) is 77.2 Å². The van der Waals surface area contributed by atoms with Crippen LogP contribution in [0.25, 0.3) is 16.6 Å². The zero-order valence-corrected chi connectivity index (χ0v) is 14.6. The molecule has 0 spiro atoms. The highest BCUT2D eigenvalue weighted by atomic mass is 32.1. The fourth-order valence-electron chi connectivity index (χ4n) is 2.71. The lowest BCUT2D eigenvalue weighted by atomic mass is 10.2. The molecule has 1 amide bonds. The SMILES string of the molecule is O=C(NCc1cccs1)c1ccc(-n2cnc3ccccc3c2=O)cc1. The molecule has 4 aromatic rings. The molecule has 5 nitrogen and oxygen atoms in total. The summed E-state index contributed by atoms with van der Waals surface area (Å²) in [5, 5.41) is 5.43. The van der Waals surface area contributed by atoms with Gasteiger partial charge in [-0.1, -0.05) is 18.2 Å². The lowest BCUT2D eigenvalue weighted by Crippen LogP contribution is -2.22. The molecule has 0 saturated heterocycles. The predicted octanol–water partition coefficient (Wildman–Crippen LogP) is 3.38. The van der Waals surface area contributed by atoms with Gasteiger partial charge in [-0.15, -0.1) is 11.3 Å². The van der Waals surface area contributed by atoms with Gasteiger partial charge in [0.15, 0.2) is 0 Å². The van der Waals surface area contributed by atoms with E-state index in [1.165, 1.54) is 10.9 Å². The molecule has 1 N–H and O–H groups in total. The van der Waals surface area contributed by atoms with Gasteiger partial charge in [0.2, 0.25) is 0 Å². The van der Waals surface area contributed by atoms with Crippen molar-refractivity contribution in [2.24, 2.45) is 0 Å². The molecule has 0 aliphatic carbocycles. The van der Waals surface area contributed by atoms with Crippen molar-refractivity contribution in [3.8, 4) is 5.69 Å². The summed E-state index contributed by atoms with van der Waals surface area (Å²) in [5.41, 5.74) is 1.75. The number of hydrogen-bond donors (Lipinski definition) is 1. The Kier molecular flexibility index (Phi) is 4.33. The van der Waals surface area contributed by atoms with Crippen LogP contribution >= 0.6 is 11.3 Å². The molecule has 0 atom stereocenters. The highest BCUT2D eigenvalue weighted by molar-refractivity contribution is 7.09. The molecular weight excluding hydrogens is 346 g/mol. The van der Waals surface area contributed by atoms with Crippen LogP contribution in [0.4, 0.5) is 0 Å². The van der Waals surface area contributed by atoms with E-state index < -0.39 is 0 Å². The van der Waals surface area contributed by atoms with Gasteiger partial charge in [-0.2, -0.15) is 0 Å². The minimum absolute atomic E-state index is 0.134. The summed E-state index contributed by atoms with van der Waals surface area (Å²) in [7, 11) is 0. The Hall–Kier alpha value is -3.25. The number of nitrogens with zero attached hydrogens (tertiary/aromatic N) is 2. The first kappa shape index (κ1) is 16.2. The standard InChI is InChI=1S/C20H15N3O2S/c24-19(21-12-16-4-3-11-26-16)14-7-9-15(10-8-14)23-13-22-18-6-2-1-5-17(18)20(23)25/h1-11,13H,12H2,(H,21,24). The fraction of sp³-hybridized carbons (Fsp3) is 0.0500. The van der Waals surface area contributed by atoms with Gasteiger partial charge in [0.05, 0.1) is 23.1 Å². The van der Waals surface area contributed by atoms with Crippen molar-refractivity contribution < 1.29 is 4.79 Å². The first-order valence-electron chi connectivity index (χ1n) is 8.10. The van der Waals surface area contributed by atoms with E-state index in [0.717, 1.165) is 4.88 Å². The molecule has 2 heterocycles. The van der Waals surface area contributed by atoms with E-state index in [-0.39, 0.29) is 11.5 Å². The van der Waals surface area contributed by atoms with E-state index in [1.54, 1.807) is 41.7 Å². The van der Waals surface area contributed by atoms with Gasteiger partial charge in [0.1, 0.15) is 6.33 Å². The highest BCUT2D eigenvalue weighted by Gasteiger charge is 2.08. The third-order valence-corrected chi connectivity index (χ3v) is 4.95. The molecule has 0 fully saturated rings. The third kappa shape index (κ3) is 3.14. The van der Waals surface area contributed by atoms with E-state index in [4.69, 9.17) is 0 Å². The highest BCUT2D eigenvalue weighted by Crippen LogP contribution is 2.12. The first-order valence-corrected chi connectivity index (χ1v) is 8.98. The van der Waals surface area contributed by atoms with Crippen molar-refractivity contribution in [3.05, 3.63) is 93.2 Å². The number of thiophene rings is 1. The second-order valence-electron chi connectivity index (χ2n) is 5.75. The Labute approximate surface area is 153 Å². The zero-order valence-electron chi connectivity index (χ0n) is 13.8. The Morgan fingerprint density at radius 3 is 2.62 bits per heavy atom. The normalized spacial score (nSPS) is 10.8. The summed E-state index contributed by atoms with van der Waals surface area (Å²) < 4.78 is 1.48. The number of hydrogen-bond acceptors (Lipinski definition) is 4. The first-order chi connectivity index (χ1) is 12.7. The number of amides is 1. The maximum atomic E-state index is 12.6. The summed E-state index contributed by atoms with van der Waals surface area (Å²) >= 11 is 1.60. The maximum Gasteiger partial charge on any atom is 0.265 e. The van der Waals surface area contributed by atoms with E-state index in [2.05, 4.69) is 10.3 Å². The summed E-state index contributed by atoms with van der Waals surface area (Å²) in [4.78, 5) is 30.3. The van der Waals surface area contributed by atoms with Gasteiger partial charge in [0, 0.05) is 10.4 Å². The molecule has 0 radical (unpaired) electrons. The van der Waals surface area contributed by atoms with Crippen molar-refractivity contribution in [1.82, 2.24) is 14.9 Å². The molecule has 26 heavy (non-hydrogen) atoms. The average Bonchev–Trinajstić information content (AvgIpc) is 3.20. The molecule has 0 saturated carbocycles. The van der Waals surface area contributed by atoms with Gasteiger partial charge in [-0.25, -0.2) is 4.98 Å². The molecule has 6 heteroatoms. The zero-order chi connectivity index (χ0) is 17.9. The lowest BCUT2D eigenvalue weighted by Gasteiger charge is -2.08. The number of carbonyl (C=O) groups excluding carboxylic acids is 1. The molecule has 4 rings (SSSR count). The molecule has 0 aliphatic heterocycles. The molecule has 0 aliphatic rings. The number of nitrogens with one attached hydrogen (secondary N) is 1. The van der Waals surface area contributed by atoms with Crippen molar-refractivity contribution in [1.29, 1.82) is 0 Å². The van der Waals surface area contributed by atoms with Gasteiger partial charge in [0.25, 0.3) is 11.5 Å². The van der Waals surface area contributed by atoms with Crippen LogP contribution < -0.4 is 10.9 Å². The second kappa shape index (κ2) is 6.93. The van der Waals surface area contributed by atoms with Crippen LogP contribution in [0.3, 0.4) is 0 Å². The fourth-order valence-corrected chi connectivity index (χ4v) is 3.35. The van der Waals surface area contributed by atoms with Crippen LogP contribution in [-0.4, -0.2) is 15.5 Å². The van der Waals surface area contributed by atoms with Crippen LogP contribution in [0.2, 0.25) is 0 Å². The van der Waals surface area contributed by atoms with E-state index >= 15 is 0 Å². The minimum atomic E-state index is -0.145. The maximum absolute atomic E-state index is 12.6. The topological polar surface area (TPSA) is 64.0 Å². The molecule has 128 valence electrons. The monoisotopic (exact) mass is 361 g/mol. The summed E-state index contributed by atoms with van der Waals surface area (Å²) in [6.07, 6.45) is 1.51. The number of fused-ring (bicyclic) bond motifs is 1. The number of aromatic nitrogens is 2. The number of rotatable bonds is 4. The van der Waals surface area contributed by atoms with Gasteiger partial charge >= 0.3 is 0 Å². The van der Waals surface area contributed by atoms with Crippen molar-refractivity contribution in [2.75, 3.05) is 0 Å². The Bertz CT molecular complexity index is 1120. The average molecular weight is 361 g/mol. The molecular formula is C20H15N3O2S. The van der Waals surface area contributed by atoms with E-state index in [1.807, 2.05) is 35.7 Å². The summed E-state index contributed by atoms with van der Waals surface area (Å²) in [6.45, 7) is 0.506. The van der Waals surface area contributed by atoms with Crippen molar-refractivity contribution in [3.63, 3.8) is 0 Å².